The fraction of sp³-hybridized carbons (Fsp3) is 0.300. The molecule has 18 heavy (non-hydrogen) atoms. The molecule has 0 atom stereocenters. The molecule has 2 rings (SSSR count). The van der Waals surface area contributed by atoms with Gasteiger partial charge in [-0.05, 0) is 24.3 Å². The van der Waals surface area contributed by atoms with E-state index in [1.54, 1.807) is 0 Å². The van der Waals surface area contributed by atoms with Crippen molar-refractivity contribution < 1.29 is 22.7 Å². The molecule has 1 aromatic rings. The monoisotopic (exact) mass is 280 g/mol. The van der Waals surface area contributed by atoms with E-state index in [1.807, 2.05) is 0 Å². The van der Waals surface area contributed by atoms with Gasteiger partial charge in [0, 0.05) is 0 Å². The van der Waals surface area contributed by atoms with Crippen molar-refractivity contribution >= 4 is 23.0 Å². The molecular formula is C10H8ClF3N2O2. The van der Waals surface area contributed by atoms with Crippen molar-refractivity contribution in [1.29, 1.82) is 0 Å². The maximum absolute atomic E-state index is 11.9. The van der Waals surface area contributed by atoms with Gasteiger partial charge in [-0.15, -0.1) is 29.9 Å². The van der Waals surface area contributed by atoms with Crippen LogP contribution in [0.2, 0.25) is 0 Å². The number of ether oxygens (including phenoxy) is 1. The number of rotatable bonds is 3. The Morgan fingerprint density at radius 3 is 2.50 bits per heavy atom. The minimum Gasteiger partial charge on any atom is -0.406 e. The number of hydrazone groups is 1. The second-order valence-corrected chi connectivity index (χ2v) is 3.66. The number of alkyl halides is 4. The first-order valence-electron chi connectivity index (χ1n) is 4.89. The first-order chi connectivity index (χ1) is 8.48. The molecule has 0 saturated heterocycles. The normalized spacial score (nSPS) is 15.8. The standard InChI is InChI=1S/C10H8ClF3N2O2/c11-5-7-6-17-16(15-7)8-1-3-9(4-2-8)18-10(12,13)14/h1-4H,5-6H2. The van der Waals surface area contributed by atoms with Crippen molar-refractivity contribution in [2.24, 2.45) is 5.10 Å². The minimum absolute atomic E-state index is 0.242. The van der Waals surface area contributed by atoms with Crippen LogP contribution in [0.15, 0.2) is 29.4 Å². The van der Waals surface area contributed by atoms with Crippen LogP contribution in [-0.4, -0.2) is 24.6 Å². The molecule has 1 aliphatic heterocycles. The summed E-state index contributed by atoms with van der Waals surface area (Å²) in [5.74, 6) is -0.0572. The molecule has 8 heteroatoms. The lowest BCUT2D eigenvalue weighted by molar-refractivity contribution is -0.274. The van der Waals surface area contributed by atoms with Crippen LogP contribution in [0.1, 0.15) is 0 Å². The highest BCUT2D eigenvalue weighted by Gasteiger charge is 2.31. The molecule has 0 radical (unpaired) electrons. The molecule has 0 fully saturated rings. The highest BCUT2D eigenvalue weighted by atomic mass is 35.5. The van der Waals surface area contributed by atoms with Gasteiger partial charge in [0.05, 0.1) is 17.3 Å². The van der Waals surface area contributed by atoms with Gasteiger partial charge in [0.2, 0.25) is 0 Å². The Morgan fingerprint density at radius 2 is 2.00 bits per heavy atom. The van der Waals surface area contributed by atoms with Crippen molar-refractivity contribution in [3.05, 3.63) is 24.3 Å². The third-order valence-corrected chi connectivity index (χ3v) is 2.34. The quantitative estimate of drug-likeness (QED) is 0.798. The molecule has 0 N–H and O–H groups in total. The highest BCUT2D eigenvalue weighted by Crippen LogP contribution is 2.26. The lowest BCUT2D eigenvalue weighted by Gasteiger charge is -2.13. The van der Waals surface area contributed by atoms with E-state index < -0.39 is 6.36 Å². The fourth-order valence-corrected chi connectivity index (χ4v) is 1.43. The molecule has 0 bridgehead atoms. The van der Waals surface area contributed by atoms with E-state index in [0.29, 0.717) is 11.4 Å². The summed E-state index contributed by atoms with van der Waals surface area (Å²) in [5.41, 5.74) is 1.14. The van der Waals surface area contributed by atoms with Crippen LogP contribution < -0.4 is 9.91 Å². The largest absolute Gasteiger partial charge is 0.573 e. The highest BCUT2D eigenvalue weighted by molar-refractivity contribution is 6.29. The van der Waals surface area contributed by atoms with Crippen LogP contribution in [0, 0.1) is 0 Å². The Balaban J connectivity index is 2.07. The minimum atomic E-state index is -4.70. The number of nitrogens with zero attached hydrogens (tertiary/aromatic N) is 2. The van der Waals surface area contributed by atoms with Crippen LogP contribution in [0.3, 0.4) is 0 Å². The van der Waals surface area contributed by atoms with Gasteiger partial charge in [0.1, 0.15) is 12.4 Å². The summed E-state index contributed by atoms with van der Waals surface area (Å²) in [5, 5.41) is 5.22. The Kier molecular flexibility index (Phi) is 3.63. The van der Waals surface area contributed by atoms with Crippen molar-refractivity contribution in [3.63, 3.8) is 0 Å². The molecular weight excluding hydrogens is 273 g/mol. The Labute approximate surface area is 105 Å². The van der Waals surface area contributed by atoms with Crippen LogP contribution in [0.4, 0.5) is 18.9 Å². The lowest BCUT2D eigenvalue weighted by Crippen LogP contribution is -2.17. The molecule has 0 aromatic heterocycles. The zero-order valence-corrected chi connectivity index (χ0v) is 9.70. The molecule has 1 heterocycles. The predicted octanol–water partition coefficient (Wildman–Crippen LogP) is 2.93. The average Bonchev–Trinajstić information content (AvgIpc) is 2.76. The Morgan fingerprint density at radius 1 is 1.33 bits per heavy atom. The van der Waals surface area contributed by atoms with Crippen LogP contribution >= 0.6 is 11.6 Å². The molecule has 1 aliphatic rings. The zero-order chi connectivity index (χ0) is 13.2. The molecule has 98 valence electrons. The molecule has 0 saturated carbocycles. The van der Waals surface area contributed by atoms with Crippen LogP contribution in [0.5, 0.6) is 5.75 Å². The van der Waals surface area contributed by atoms with E-state index in [2.05, 4.69) is 9.84 Å². The van der Waals surface area contributed by atoms with Crippen molar-refractivity contribution in [1.82, 2.24) is 0 Å². The summed E-state index contributed by atoms with van der Waals surface area (Å²) in [4.78, 5) is 5.17. The number of benzene rings is 1. The maximum Gasteiger partial charge on any atom is 0.573 e. The number of hydrogen-bond donors (Lipinski definition) is 0. The average molecular weight is 281 g/mol. The van der Waals surface area contributed by atoms with E-state index in [-0.39, 0.29) is 18.2 Å². The van der Waals surface area contributed by atoms with Gasteiger partial charge in [-0.3, -0.25) is 0 Å². The van der Waals surface area contributed by atoms with Gasteiger partial charge in [-0.1, -0.05) is 0 Å². The molecule has 0 unspecified atom stereocenters. The van der Waals surface area contributed by atoms with E-state index in [0.717, 1.165) is 0 Å². The second kappa shape index (κ2) is 5.03. The van der Waals surface area contributed by atoms with Gasteiger partial charge in [0.25, 0.3) is 0 Å². The third-order valence-electron chi connectivity index (χ3n) is 2.03. The van der Waals surface area contributed by atoms with Crippen molar-refractivity contribution in [2.75, 3.05) is 17.7 Å². The molecule has 4 nitrogen and oxygen atoms in total. The maximum atomic E-state index is 11.9. The number of halogens is 4. The van der Waals surface area contributed by atoms with E-state index in [1.165, 1.54) is 29.4 Å². The summed E-state index contributed by atoms with van der Waals surface area (Å²) in [6, 6.07) is 5.17. The van der Waals surface area contributed by atoms with Gasteiger partial charge in [-0.2, -0.15) is 5.10 Å². The number of anilines is 1. The van der Waals surface area contributed by atoms with Gasteiger partial charge in [0.15, 0.2) is 0 Å². The topological polar surface area (TPSA) is 34.1 Å². The van der Waals surface area contributed by atoms with E-state index in [9.17, 15) is 13.2 Å². The Hall–Kier alpha value is -1.47. The SMILES string of the molecule is FC(F)(F)Oc1ccc(N2N=C(CCl)CO2)cc1. The first-order valence-corrected chi connectivity index (χ1v) is 5.42. The molecule has 1 aromatic carbocycles. The lowest BCUT2D eigenvalue weighted by atomic mass is 10.3. The van der Waals surface area contributed by atoms with E-state index >= 15 is 0 Å². The summed E-state index contributed by atoms with van der Waals surface area (Å²) >= 11 is 5.58. The first kappa shape index (κ1) is 13.0. The summed E-state index contributed by atoms with van der Waals surface area (Å²) in [6.07, 6.45) is -4.70. The van der Waals surface area contributed by atoms with Crippen LogP contribution in [-0.2, 0) is 4.84 Å². The molecule has 0 aliphatic carbocycles. The third kappa shape index (κ3) is 3.27. The van der Waals surface area contributed by atoms with Crippen LogP contribution in [0.25, 0.3) is 0 Å². The zero-order valence-electron chi connectivity index (χ0n) is 8.95. The molecule has 0 amide bonds. The Bertz CT molecular complexity index is 447. The van der Waals surface area contributed by atoms with E-state index in [4.69, 9.17) is 16.4 Å². The second-order valence-electron chi connectivity index (χ2n) is 3.39. The van der Waals surface area contributed by atoms with Gasteiger partial charge < -0.3 is 4.74 Å². The fourth-order valence-electron chi connectivity index (χ4n) is 1.29. The van der Waals surface area contributed by atoms with Crippen molar-refractivity contribution in [3.8, 4) is 5.75 Å². The summed E-state index contributed by atoms with van der Waals surface area (Å²) in [6.45, 7) is 0.268. The summed E-state index contributed by atoms with van der Waals surface area (Å²) < 4.78 is 39.6. The molecule has 0 spiro atoms. The van der Waals surface area contributed by atoms with Crippen molar-refractivity contribution in [2.45, 2.75) is 6.36 Å². The predicted molar refractivity (Wildman–Crippen MR) is 59.7 cm³/mol. The number of hydrogen-bond acceptors (Lipinski definition) is 4. The smallest absolute Gasteiger partial charge is 0.406 e. The summed E-state index contributed by atoms with van der Waals surface area (Å²) in [7, 11) is 0. The van der Waals surface area contributed by atoms with Gasteiger partial charge >= 0.3 is 6.36 Å². The van der Waals surface area contributed by atoms with Gasteiger partial charge in [-0.25, -0.2) is 4.84 Å².